The number of aromatic nitrogens is 5. The van der Waals surface area contributed by atoms with E-state index in [1.807, 2.05) is 13.8 Å². The van der Waals surface area contributed by atoms with Crippen LogP contribution in [0, 0.1) is 19.8 Å². The van der Waals surface area contributed by atoms with E-state index in [0.717, 1.165) is 62.8 Å². The van der Waals surface area contributed by atoms with Gasteiger partial charge in [0.1, 0.15) is 6.33 Å². The average molecular weight is 316 g/mol. The summed E-state index contributed by atoms with van der Waals surface area (Å²) in [5.74, 6) is 1.33. The third-order valence-electron chi connectivity index (χ3n) is 4.54. The SMILES string of the molecule is Cc1ncnc(OCC2CCN(CCn3nccn3)CC2)c1C. The summed E-state index contributed by atoms with van der Waals surface area (Å²) in [6.07, 6.45) is 7.34. The van der Waals surface area contributed by atoms with Gasteiger partial charge in [0.15, 0.2) is 0 Å². The van der Waals surface area contributed by atoms with Crippen molar-refractivity contribution in [2.45, 2.75) is 33.2 Å². The highest BCUT2D eigenvalue weighted by Gasteiger charge is 2.20. The van der Waals surface area contributed by atoms with Gasteiger partial charge >= 0.3 is 0 Å². The van der Waals surface area contributed by atoms with Gasteiger partial charge in [-0.1, -0.05) is 0 Å². The molecule has 0 spiro atoms. The van der Waals surface area contributed by atoms with Gasteiger partial charge in [-0.05, 0) is 45.7 Å². The van der Waals surface area contributed by atoms with Gasteiger partial charge in [0, 0.05) is 17.8 Å². The number of aryl methyl sites for hydroxylation is 1. The second kappa shape index (κ2) is 7.50. The van der Waals surface area contributed by atoms with E-state index >= 15 is 0 Å². The molecule has 2 aromatic rings. The first-order chi connectivity index (χ1) is 11.2. The second-order valence-corrected chi connectivity index (χ2v) is 6.11. The summed E-state index contributed by atoms with van der Waals surface area (Å²) in [5.41, 5.74) is 2.02. The minimum absolute atomic E-state index is 0.601. The minimum Gasteiger partial charge on any atom is -0.477 e. The lowest BCUT2D eigenvalue weighted by Crippen LogP contribution is -2.37. The van der Waals surface area contributed by atoms with Gasteiger partial charge in [-0.2, -0.15) is 15.0 Å². The molecule has 0 atom stereocenters. The van der Waals surface area contributed by atoms with Crippen LogP contribution in [0.3, 0.4) is 0 Å². The number of piperidine rings is 1. The number of ether oxygens (including phenoxy) is 1. The third-order valence-corrected chi connectivity index (χ3v) is 4.54. The topological polar surface area (TPSA) is 69.0 Å². The summed E-state index contributed by atoms with van der Waals surface area (Å²) < 4.78 is 5.92. The molecule has 3 rings (SSSR count). The maximum atomic E-state index is 5.92. The van der Waals surface area contributed by atoms with Crippen molar-refractivity contribution in [1.82, 2.24) is 29.9 Å². The quantitative estimate of drug-likeness (QED) is 0.804. The second-order valence-electron chi connectivity index (χ2n) is 6.11. The maximum absolute atomic E-state index is 5.92. The summed E-state index contributed by atoms with van der Waals surface area (Å²) in [4.78, 5) is 12.6. The van der Waals surface area contributed by atoms with Crippen molar-refractivity contribution >= 4 is 0 Å². The molecule has 1 aliphatic rings. The van der Waals surface area contributed by atoms with Crippen LogP contribution in [0.25, 0.3) is 0 Å². The van der Waals surface area contributed by atoms with Gasteiger partial charge in [0.2, 0.25) is 5.88 Å². The van der Waals surface area contributed by atoms with Gasteiger partial charge in [0.25, 0.3) is 0 Å². The summed E-state index contributed by atoms with van der Waals surface area (Å²) in [7, 11) is 0. The Balaban J connectivity index is 1.40. The lowest BCUT2D eigenvalue weighted by molar-refractivity contribution is 0.133. The molecular weight excluding hydrogens is 292 g/mol. The molecule has 0 amide bonds. The van der Waals surface area contributed by atoms with Crippen LogP contribution < -0.4 is 4.74 Å². The van der Waals surface area contributed by atoms with Crippen molar-refractivity contribution in [3.63, 3.8) is 0 Å². The molecule has 124 valence electrons. The molecule has 2 aromatic heterocycles. The number of hydrogen-bond donors (Lipinski definition) is 0. The van der Waals surface area contributed by atoms with Gasteiger partial charge in [-0.3, -0.25) is 0 Å². The first-order valence-corrected chi connectivity index (χ1v) is 8.20. The van der Waals surface area contributed by atoms with Crippen molar-refractivity contribution in [1.29, 1.82) is 0 Å². The fourth-order valence-corrected chi connectivity index (χ4v) is 2.83. The minimum atomic E-state index is 0.601. The molecule has 23 heavy (non-hydrogen) atoms. The molecule has 7 nitrogen and oxygen atoms in total. The van der Waals surface area contributed by atoms with Crippen molar-refractivity contribution < 1.29 is 4.74 Å². The Kier molecular flexibility index (Phi) is 5.17. The number of hydrogen-bond acceptors (Lipinski definition) is 6. The zero-order chi connectivity index (χ0) is 16.1. The molecular formula is C16H24N6O. The fraction of sp³-hybridized carbons (Fsp3) is 0.625. The molecule has 0 N–H and O–H groups in total. The van der Waals surface area contributed by atoms with Crippen molar-refractivity contribution in [2.75, 3.05) is 26.2 Å². The highest BCUT2D eigenvalue weighted by molar-refractivity contribution is 5.26. The first-order valence-electron chi connectivity index (χ1n) is 8.20. The lowest BCUT2D eigenvalue weighted by Gasteiger charge is -2.31. The van der Waals surface area contributed by atoms with Crippen LogP contribution in [0.5, 0.6) is 5.88 Å². The van der Waals surface area contributed by atoms with Gasteiger partial charge < -0.3 is 9.64 Å². The Morgan fingerprint density at radius 1 is 1.09 bits per heavy atom. The predicted molar refractivity (Wildman–Crippen MR) is 86.2 cm³/mol. The third kappa shape index (κ3) is 4.25. The summed E-state index contributed by atoms with van der Waals surface area (Å²) >= 11 is 0. The molecule has 0 unspecified atom stereocenters. The van der Waals surface area contributed by atoms with Crippen molar-refractivity contribution in [3.05, 3.63) is 30.0 Å². The van der Waals surface area contributed by atoms with E-state index in [0.29, 0.717) is 5.92 Å². The summed E-state index contributed by atoms with van der Waals surface area (Å²) in [6, 6.07) is 0. The Bertz CT molecular complexity index is 607. The summed E-state index contributed by atoms with van der Waals surface area (Å²) in [6.45, 7) is 8.81. The number of nitrogens with zero attached hydrogens (tertiary/aromatic N) is 6. The highest BCUT2D eigenvalue weighted by atomic mass is 16.5. The van der Waals surface area contributed by atoms with Crippen LogP contribution in [0.1, 0.15) is 24.1 Å². The highest BCUT2D eigenvalue weighted by Crippen LogP contribution is 2.20. The van der Waals surface area contributed by atoms with Gasteiger partial charge in [0.05, 0.1) is 25.5 Å². The van der Waals surface area contributed by atoms with E-state index < -0.39 is 0 Å². The molecule has 0 radical (unpaired) electrons. The molecule has 1 fully saturated rings. The van der Waals surface area contributed by atoms with Gasteiger partial charge in [-0.15, -0.1) is 0 Å². The number of rotatable bonds is 6. The Morgan fingerprint density at radius 2 is 1.83 bits per heavy atom. The zero-order valence-electron chi connectivity index (χ0n) is 13.9. The molecule has 1 saturated heterocycles. The van der Waals surface area contributed by atoms with Crippen LogP contribution in [-0.2, 0) is 6.54 Å². The predicted octanol–water partition coefficient (Wildman–Crippen LogP) is 1.48. The molecule has 0 bridgehead atoms. The van der Waals surface area contributed by atoms with Gasteiger partial charge in [-0.25, -0.2) is 9.97 Å². The normalized spacial score (nSPS) is 16.6. The van der Waals surface area contributed by atoms with E-state index in [-0.39, 0.29) is 0 Å². The smallest absolute Gasteiger partial charge is 0.219 e. The van der Waals surface area contributed by atoms with E-state index in [4.69, 9.17) is 4.74 Å². The van der Waals surface area contributed by atoms with E-state index in [9.17, 15) is 0 Å². The monoisotopic (exact) mass is 316 g/mol. The van der Waals surface area contributed by atoms with Crippen LogP contribution in [0.15, 0.2) is 18.7 Å². The molecule has 0 saturated carbocycles. The van der Waals surface area contributed by atoms with Crippen LogP contribution in [0.2, 0.25) is 0 Å². The van der Waals surface area contributed by atoms with E-state index in [1.165, 1.54) is 0 Å². The largest absolute Gasteiger partial charge is 0.477 e. The fourth-order valence-electron chi connectivity index (χ4n) is 2.83. The molecule has 3 heterocycles. The standard InChI is InChI=1S/C16H24N6O/c1-13-14(2)17-12-18-16(13)23-11-15-3-7-21(8-4-15)9-10-22-19-5-6-20-22/h5-6,12,15H,3-4,7-11H2,1-2H3. The Hall–Kier alpha value is -2.02. The maximum Gasteiger partial charge on any atom is 0.219 e. The van der Waals surface area contributed by atoms with Crippen molar-refractivity contribution in [3.8, 4) is 5.88 Å². The Morgan fingerprint density at radius 3 is 2.57 bits per heavy atom. The van der Waals surface area contributed by atoms with Crippen LogP contribution in [-0.4, -0.2) is 56.1 Å². The van der Waals surface area contributed by atoms with Crippen molar-refractivity contribution in [2.24, 2.45) is 5.92 Å². The first kappa shape index (κ1) is 15.9. The number of likely N-dealkylation sites (tertiary alicyclic amines) is 1. The Labute approximate surface area is 136 Å². The lowest BCUT2D eigenvalue weighted by atomic mass is 9.98. The molecule has 7 heteroatoms. The van der Waals surface area contributed by atoms with E-state index in [2.05, 4.69) is 25.1 Å². The van der Waals surface area contributed by atoms with E-state index in [1.54, 1.807) is 23.5 Å². The molecule has 1 aliphatic heterocycles. The molecule has 0 aromatic carbocycles. The molecule has 0 aliphatic carbocycles. The van der Waals surface area contributed by atoms with Crippen LogP contribution in [0.4, 0.5) is 0 Å². The van der Waals surface area contributed by atoms with Crippen LogP contribution >= 0.6 is 0 Å². The zero-order valence-corrected chi connectivity index (χ0v) is 13.9. The average Bonchev–Trinajstić information content (AvgIpc) is 3.09. The summed E-state index contributed by atoms with van der Waals surface area (Å²) in [5, 5.41) is 8.28.